The molecule has 3 heterocycles. The topological polar surface area (TPSA) is 62.5 Å². The maximum Gasteiger partial charge on any atom is 0.225 e. The monoisotopic (exact) mass is 322 g/mol. The van der Waals surface area contributed by atoms with Gasteiger partial charge >= 0.3 is 0 Å². The Morgan fingerprint density at radius 3 is 2.77 bits per heavy atom. The molecule has 0 bridgehead atoms. The van der Waals surface area contributed by atoms with E-state index >= 15 is 0 Å². The van der Waals surface area contributed by atoms with E-state index in [0.29, 0.717) is 5.91 Å². The van der Waals surface area contributed by atoms with Crippen molar-refractivity contribution in [3.8, 4) is 0 Å². The number of thiazole rings is 1. The molecule has 2 N–H and O–H groups in total. The highest BCUT2D eigenvalue weighted by atomic mass is 32.1. The van der Waals surface area contributed by atoms with Crippen LogP contribution in [0.5, 0.6) is 0 Å². The summed E-state index contributed by atoms with van der Waals surface area (Å²) in [6.45, 7) is 6.59. The van der Waals surface area contributed by atoms with Gasteiger partial charge in [0.05, 0.1) is 10.7 Å². The molecule has 2 aliphatic rings. The van der Waals surface area contributed by atoms with Crippen molar-refractivity contribution in [2.45, 2.75) is 45.2 Å². The van der Waals surface area contributed by atoms with Crippen LogP contribution in [0.15, 0.2) is 5.38 Å². The van der Waals surface area contributed by atoms with E-state index in [1.54, 1.807) is 11.3 Å². The number of likely N-dealkylation sites (tertiary alicyclic amines) is 2. The van der Waals surface area contributed by atoms with E-state index in [1.165, 1.54) is 0 Å². The van der Waals surface area contributed by atoms with Gasteiger partial charge in [0, 0.05) is 37.0 Å². The largest absolute Gasteiger partial charge is 0.341 e. The summed E-state index contributed by atoms with van der Waals surface area (Å²) in [4.78, 5) is 21.6. The third-order valence-corrected chi connectivity index (χ3v) is 5.58. The zero-order valence-electron chi connectivity index (χ0n) is 13.3. The minimum absolute atomic E-state index is 0.172. The number of nitrogens with zero attached hydrogens (tertiary/aromatic N) is 3. The van der Waals surface area contributed by atoms with Crippen molar-refractivity contribution >= 4 is 17.2 Å². The van der Waals surface area contributed by atoms with E-state index in [9.17, 15) is 4.79 Å². The van der Waals surface area contributed by atoms with Gasteiger partial charge in [-0.25, -0.2) is 4.98 Å². The van der Waals surface area contributed by atoms with Crippen LogP contribution >= 0.6 is 11.3 Å². The van der Waals surface area contributed by atoms with Crippen LogP contribution in [-0.4, -0.2) is 52.9 Å². The second-order valence-electron chi connectivity index (χ2n) is 6.59. The molecule has 22 heavy (non-hydrogen) atoms. The summed E-state index contributed by atoms with van der Waals surface area (Å²) in [6.07, 6.45) is 4.03. The van der Waals surface area contributed by atoms with Crippen molar-refractivity contribution in [2.75, 3.05) is 26.2 Å². The minimum atomic E-state index is 0.172. The number of piperidine rings is 2. The standard InChI is InChI=1S/C16H26N4OS/c1-12-18-15(11-22-12)10-19-7-4-13(5-8-19)16(21)20-6-2-3-14(17)9-20/h11,13-14H,2-10,17H2,1H3. The lowest BCUT2D eigenvalue weighted by atomic mass is 9.94. The first-order valence-corrected chi connectivity index (χ1v) is 9.17. The summed E-state index contributed by atoms with van der Waals surface area (Å²) in [5.74, 6) is 0.526. The van der Waals surface area contributed by atoms with Crippen LogP contribution in [0.2, 0.25) is 0 Å². The van der Waals surface area contributed by atoms with E-state index < -0.39 is 0 Å². The molecule has 1 aromatic heterocycles. The Labute approximate surface area is 136 Å². The van der Waals surface area contributed by atoms with Gasteiger partial charge in [-0.2, -0.15) is 0 Å². The van der Waals surface area contributed by atoms with Gasteiger partial charge in [-0.1, -0.05) is 0 Å². The van der Waals surface area contributed by atoms with Crippen LogP contribution in [0.3, 0.4) is 0 Å². The van der Waals surface area contributed by atoms with Crippen LogP contribution in [0, 0.1) is 12.8 Å². The van der Waals surface area contributed by atoms with Gasteiger partial charge in [0.2, 0.25) is 5.91 Å². The number of carbonyl (C=O) groups is 1. The van der Waals surface area contributed by atoms with Crippen molar-refractivity contribution < 1.29 is 4.79 Å². The Kier molecular flexibility index (Phi) is 5.10. The molecule has 0 saturated carbocycles. The van der Waals surface area contributed by atoms with E-state index in [2.05, 4.69) is 15.3 Å². The molecule has 0 aromatic carbocycles. The third kappa shape index (κ3) is 3.86. The fraction of sp³-hybridized carbons (Fsp3) is 0.750. The molecule has 0 aliphatic carbocycles. The molecule has 1 atom stereocenters. The van der Waals surface area contributed by atoms with Gasteiger partial charge in [0.25, 0.3) is 0 Å². The Morgan fingerprint density at radius 1 is 1.36 bits per heavy atom. The second kappa shape index (κ2) is 7.06. The van der Waals surface area contributed by atoms with E-state index in [-0.39, 0.29) is 12.0 Å². The predicted molar refractivity (Wildman–Crippen MR) is 88.6 cm³/mol. The van der Waals surface area contributed by atoms with Crippen LogP contribution in [-0.2, 0) is 11.3 Å². The van der Waals surface area contributed by atoms with Gasteiger partial charge in [0.15, 0.2) is 0 Å². The average Bonchev–Trinajstić information content (AvgIpc) is 2.92. The molecule has 122 valence electrons. The van der Waals surface area contributed by atoms with E-state index in [4.69, 9.17) is 5.73 Å². The molecular formula is C16H26N4OS. The van der Waals surface area contributed by atoms with Gasteiger partial charge in [0.1, 0.15) is 0 Å². The molecule has 1 aromatic rings. The molecule has 0 spiro atoms. The Hall–Kier alpha value is -0.980. The molecule has 2 saturated heterocycles. The first kappa shape index (κ1) is 15.9. The maximum absolute atomic E-state index is 12.6. The van der Waals surface area contributed by atoms with Crippen molar-refractivity contribution in [3.63, 3.8) is 0 Å². The number of nitrogens with two attached hydrogens (primary N) is 1. The molecular weight excluding hydrogens is 296 g/mol. The number of aryl methyl sites for hydroxylation is 1. The molecule has 1 unspecified atom stereocenters. The highest BCUT2D eigenvalue weighted by Gasteiger charge is 2.30. The quantitative estimate of drug-likeness (QED) is 0.918. The second-order valence-corrected chi connectivity index (χ2v) is 7.66. The number of hydrogen-bond donors (Lipinski definition) is 1. The zero-order chi connectivity index (χ0) is 15.5. The van der Waals surface area contributed by atoms with Crippen molar-refractivity contribution in [2.24, 2.45) is 11.7 Å². The summed E-state index contributed by atoms with van der Waals surface area (Å²) in [7, 11) is 0. The first-order chi connectivity index (χ1) is 10.6. The van der Waals surface area contributed by atoms with Gasteiger partial charge in [-0.05, 0) is 45.7 Å². The SMILES string of the molecule is Cc1nc(CN2CCC(C(=O)N3CCCC(N)C3)CC2)cs1. The normalized spacial score (nSPS) is 24.6. The third-order valence-electron chi connectivity index (χ3n) is 4.76. The fourth-order valence-electron chi connectivity index (χ4n) is 3.52. The number of carbonyl (C=O) groups excluding carboxylic acids is 1. The minimum Gasteiger partial charge on any atom is -0.341 e. The van der Waals surface area contributed by atoms with Crippen LogP contribution in [0.1, 0.15) is 36.4 Å². The Morgan fingerprint density at radius 2 is 2.14 bits per heavy atom. The summed E-state index contributed by atoms with van der Waals surface area (Å²) in [5, 5.41) is 3.27. The molecule has 1 amide bonds. The summed E-state index contributed by atoms with van der Waals surface area (Å²) in [5.41, 5.74) is 7.16. The Bertz CT molecular complexity index is 510. The van der Waals surface area contributed by atoms with Crippen molar-refractivity contribution in [3.05, 3.63) is 16.1 Å². The number of aromatic nitrogens is 1. The van der Waals surface area contributed by atoms with Crippen LogP contribution < -0.4 is 5.73 Å². The van der Waals surface area contributed by atoms with Gasteiger partial charge in [-0.15, -0.1) is 11.3 Å². The fourth-order valence-corrected chi connectivity index (χ4v) is 4.12. The molecule has 0 radical (unpaired) electrons. The van der Waals surface area contributed by atoms with Crippen LogP contribution in [0.4, 0.5) is 0 Å². The lowest BCUT2D eigenvalue weighted by molar-refractivity contribution is -0.138. The van der Waals surface area contributed by atoms with Crippen molar-refractivity contribution in [1.29, 1.82) is 0 Å². The lowest BCUT2D eigenvalue weighted by Gasteiger charge is -2.36. The lowest BCUT2D eigenvalue weighted by Crippen LogP contribution is -2.49. The molecule has 5 nitrogen and oxygen atoms in total. The smallest absolute Gasteiger partial charge is 0.225 e. The van der Waals surface area contributed by atoms with E-state index in [0.717, 1.165) is 69.1 Å². The zero-order valence-corrected chi connectivity index (χ0v) is 14.1. The van der Waals surface area contributed by atoms with Crippen LogP contribution in [0.25, 0.3) is 0 Å². The highest BCUT2D eigenvalue weighted by Crippen LogP contribution is 2.23. The molecule has 2 aliphatic heterocycles. The summed E-state index contributed by atoms with van der Waals surface area (Å²) >= 11 is 1.71. The van der Waals surface area contributed by atoms with Crippen molar-refractivity contribution in [1.82, 2.24) is 14.8 Å². The number of rotatable bonds is 3. The molecule has 2 fully saturated rings. The van der Waals surface area contributed by atoms with E-state index in [1.807, 2.05) is 11.8 Å². The Balaban J connectivity index is 1.47. The molecule has 6 heteroatoms. The molecule has 3 rings (SSSR count). The van der Waals surface area contributed by atoms with Gasteiger partial charge in [-0.3, -0.25) is 9.69 Å². The summed E-state index contributed by atoms with van der Waals surface area (Å²) in [6, 6.07) is 0.172. The average molecular weight is 322 g/mol. The predicted octanol–water partition coefficient (Wildman–Crippen LogP) is 1.61. The first-order valence-electron chi connectivity index (χ1n) is 8.29. The summed E-state index contributed by atoms with van der Waals surface area (Å²) < 4.78 is 0. The number of amides is 1. The maximum atomic E-state index is 12.6. The highest BCUT2D eigenvalue weighted by molar-refractivity contribution is 7.09. The van der Waals surface area contributed by atoms with Gasteiger partial charge < -0.3 is 10.6 Å². The number of hydrogen-bond acceptors (Lipinski definition) is 5.